The van der Waals surface area contributed by atoms with Crippen LogP contribution in [-0.2, 0) is 0 Å². The lowest BCUT2D eigenvalue weighted by molar-refractivity contribution is 0.202. The minimum Gasteiger partial charge on any atom is -0.465 e. The number of carboxylic acid groups (broad SMARTS) is 1. The molecule has 3 N–H and O–H groups in total. The van der Waals surface area contributed by atoms with Gasteiger partial charge in [0, 0.05) is 12.1 Å². The van der Waals surface area contributed by atoms with Crippen molar-refractivity contribution in [3.63, 3.8) is 0 Å². The predicted octanol–water partition coefficient (Wildman–Crippen LogP) is 3.25. The number of fused-ring (bicyclic) bond motifs is 2. The smallest absolute Gasteiger partial charge is 0.414 e. The maximum Gasteiger partial charge on any atom is 0.414 e. The third kappa shape index (κ3) is 2.66. The number of H-pyrrole nitrogens is 2. The Hall–Kier alpha value is -3.82. The Bertz CT molecular complexity index is 1300. The Balaban J connectivity index is 1.93. The van der Waals surface area contributed by atoms with Crippen molar-refractivity contribution in [3.8, 4) is 11.3 Å². The molecule has 0 aliphatic heterocycles. The Morgan fingerprint density at radius 3 is 2.57 bits per heavy atom. The molecule has 0 aliphatic rings. The standard InChI is InChI=1S/C18H13F2N5O3/c1-2-25(18(27)28)17-21-11-6-3-8(7-12(11)22-17)15-13-9(19)4-5-10(20)14(13)16(26)24-23-15/h3-7H,2H2,1H3,(H,21,22)(H,24,26)(H,27,28). The lowest BCUT2D eigenvalue weighted by Crippen LogP contribution is -2.29. The van der Waals surface area contributed by atoms with Gasteiger partial charge in [0.15, 0.2) is 0 Å². The number of rotatable bonds is 3. The summed E-state index contributed by atoms with van der Waals surface area (Å²) in [6, 6.07) is 6.56. The second kappa shape index (κ2) is 6.41. The zero-order valence-electron chi connectivity index (χ0n) is 14.5. The lowest BCUT2D eigenvalue weighted by atomic mass is 10.0. The van der Waals surface area contributed by atoms with Gasteiger partial charge < -0.3 is 10.1 Å². The number of halogens is 2. The summed E-state index contributed by atoms with van der Waals surface area (Å²) in [5.74, 6) is -1.50. The van der Waals surface area contributed by atoms with E-state index in [4.69, 9.17) is 0 Å². The molecule has 0 radical (unpaired) electrons. The van der Waals surface area contributed by atoms with E-state index < -0.39 is 28.7 Å². The summed E-state index contributed by atoms with van der Waals surface area (Å²) < 4.78 is 28.5. The molecule has 2 aromatic heterocycles. The highest BCUT2D eigenvalue weighted by molar-refractivity contribution is 5.96. The van der Waals surface area contributed by atoms with Gasteiger partial charge >= 0.3 is 6.09 Å². The number of nitrogens with one attached hydrogen (secondary N) is 2. The van der Waals surface area contributed by atoms with Crippen LogP contribution in [0.15, 0.2) is 35.1 Å². The van der Waals surface area contributed by atoms with Crippen molar-refractivity contribution in [2.24, 2.45) is 0 Å². The summed E-state index contributed by atoms with van der Waals surface area (Å²) >= 11 is 0. The van der Waals surface area contributed by atoms with Crippen LogP contribution in [0.5, 0.6) is 0 Å². The van der Waals surface area contributed by atoms with Gasteiger partial charge in [-0.3, -0.25) is 4.79 Å². The summed E-state index contributed by atoms with van der Waals surface area (Å²) in [5.41, 5.74) is 0.576. The maximum atomic E-state index is 14.4. The van der Waals surface area contributed by atoms with Crippen molar-refractivity contribution in [1.82, 2.24) is 20.2 Å². The van der Waals surface area contributed by atoms with E-state index in [-0.39, 0.29) is 23.6 Å². The summed E-state index contributed by atoms with van der Waals surface area (Å²) in [6.07, 6.45) is -1.16. The summed E-state index contributed by atoms with van der Waals surface area (Å²) in [7, 11) is 0. The van der Waals surface area contributed by atoms with Crippen LogP contribution in [0.1, 0.15) is 6.92 Å². The van der Waals surface area contributed by atoms with E-state index in [1.807, 2.05) is 0 Å². The molecule has 0 bridgehead atoms. The molecule has 0 unspecified atom stereocenters. The van der Waals surface area contributed by atoms with Crippen LogP contribution in [-0.4, -0.2) is 37.9 Å². The normalized spacial score (nSPS) is 11.2. The maximum absolute atomic E-state index is 14.4. The van der Waals surface area contributed by atoms with Crippen LogP contribution in [0.2, 0.25) is 0 Å². The number of nitrogens with zero attached hydrogens (tertiary/aromatic N) is 3. The molecule has 142 valence electrons. The fourth-order valence-corrected chi connectivity index (χ4v) is 3.08. The summed E-state index contributed by atoms with van der Waals surface area (Å²) in [5, 5.41) is 14.6. The number of hydrogen-bond acceptors (Lipinski definition) is 4. The number of hydrogen-bond donors (Lipinski definition) is 3. The van der Waals surface area contributed by atoms with Crippen molar-refractivity contribution in [2.75, 3.05) is 11.4 Å². The molecule has 4 aromatic rings. The first-order valence-electron chi connectivity index (χ1n) is 8.27. The molecule has 1 amide bonds. The SMILES string of the molecule is CCN(C(=O)O)c1nc2ccc(-c3n[nH]c(=O)c4c(F)ccc(F)c34)cc2[nH]1. The van der Waals surface area contributed by atoms with Crippen LogP contribution in [0.25, 0.3) is 33.1 Å². The van der Waals surface area contributed by atoms with Crippen molar-refractivity contribution in [1.29, 1.82) is 0 Å². The minimum absolute atomic E-state index is 0.0511. The third-order valence-electron chi connectivity index (χ3n) is 4.38. The number of aromatic amines is 2. The Labute approximate surface area is 155 Å². The molecule has 0 saturated heterocycles. The highest BCUT2D eigenvalue weighted by atomic mass is 19.1. The molecule has 4 rings (SSSR count). The van der Waals surface area contributed by atoms with E-state index >= 15 is 0 Å². The van der Waals surface area contributed by atoms with Crippen molar-refractivity contribution in [2.45, 2.75) is 6.92 Å². The third-order valence-corrected chi connectivity index (χ3v) is 4.38. The average Bonchev–Trinajstić information content (AvgIpc) is 3.07. The molecule has 8 nitrogen and oxygen atoms in total. The van der Waals surface area contributed by atoms with E-state index in [0.29, 0.717) is 16.6 Å². The van der Waals surface area contributed by atoms with Gasteiger partial charge in [-0.25, -0.2) is 28.6 Å². The number of aromatic nitrogens is 4. The molecule has 0 fully saturated rings. The van der Waals surface area contributed by atoms with Gasteiger partial charge in [0.1, 0.15) is 17.3 Å². The fourth-order valence-electron chi connectivity index (χ4n) is 3.08. The van der Waals surface area contributed by atoms with E-state index in [1.165, 1.54) is 0 Å². The number of carbonyl (C=O) groups is 1. The van der Waals surface area contributed by atoms with E-state index in [2.05, 4.69) is 20.2 Å². The quantitative estimate of drug-likeness (QED) is 0.501. The highest BCUT2D eigenvalue weighted by Crippen LogP contribution is 2.30. The van der Waals surface area contributed by atoms with Crippen molar-refractivity contribution in [3.05, 3.63) is 52.3 Å². The first kappa shape index (κ1) is 17.6. The average molecular weight is 385 g/mol. The molecular formula is C18H13F2N5O3. The van der Waals surface area contributed by atoms with Crippen molar-refractivity contribution >= 4 is 33.8 Å². The molecule has 2 heterocycles. The second-order valence-electron chi connectivity index (χ2n) is 6.00. The molecule has 0 saturated carbocycles. The molecular weight excluding hydrogens is 372 g/mol. The van der Waals surface area contributed by atoms with E-state index in [0.717, 1.165) is 17.0 Å². The summed E-state index contributed by atoms with van der Waals surface area (Å²) in [4.78, 5) is 31.4. The first-order chi connectivity index (χ1) is 13.4. The lowest BCUT2D eigenvalue weighted by Gasteiger charge is -2.12. The molecule has 10 heteroatoms. The van der Waals surface area contributed by atoms with Gasteiger partial charge in [-0.05, 0) is 31.2 Å². The molecule has 0 atom stereocenters. The van der Waals surface area contributed by atoms with E-state index in [1.54, 1.807) is 25.1 Å². The van der Waals surface area contributed by atoms with Gasteiger partial charge in [-0.1, -0.05) is 6.07 Å². The molecule has 28 heavy (non-hydrogen) atoms. The first-order valence-corrected chi connectivity index (χ1v) is 8.27. The van der Waals surface area contributed by atoms with Gasteiger partial charge in [-0.2, -0.15) is 5.10 Å². The Morgan fingerprint density at radius 2 is 1.89 bits per heavy atom. The molecule has 0 aliphatic carbocycles. The van der Waals surface area contributed by atoms with E-state index in [9.17, 15) is 23.5 Å². The molecule has 0 spiro atoms. The number of amides is 1. The monoisotopic (exact) mass is 385 g/mol. The highest BCUT2D eigenvalue weighted by Gasteiger charge is 2.19. The Morgan fingerprint density at radius 1 is 1.18 bits per heavy atom. The number of benzene rings is 2. The van der Waals surface area contributed by atoms with Crippen LogP contribution in [0.3, 0.4) is 0 Å². The molecule has 2 aromatic carbocycles. The van der Waals surface area contributed by atoms with Gasteiger partial charge in [-0.15, -0.1) is 0 Å². The Kier molecular flexibility index (Phi) is 4.03. The van der Waals surface area contributed by atoms with Crippen LogP contribution in [0, 0.1) is 11.6 Å². The minimum atomic E-state index is -1.16. The van der Waals surface area contributed by atoms with Crippen LogP contribution in [0.4, 0.5) is 19.5 Å². The van der Waals surface area contributed by atoms with Gasteiger partial charge in [0.05, 0.1) is 21.8 Å². The second-order valence-corrected chi connectivity index (χ2v) is 6.00. The fraction of sp³-hybridized carbons (Fsp3) is 0.111. The van der Waals surface area contributed by atoms with Crippen LogP contribution < -0.4 is 10.5 Å². The van der Waals surface area contributed by atoms with Crippen LogP contribution >= 0.6 is 0 Å². The van der Waals surface area contributed by atoms with Gasteiger partial charge in [0.25, 0.3) is 5.56 Å². The predicted molar refractivity (Wildman–Crippen MR) is 98.4 cm³/mol. The largest absolute Gasteiger partial charge is 0.465 e. The number of anilines is 1. The zero-order valence-corrected chi connectivity index (χ0v) is 14.5. The zero-order chi connectivity index (χ0) is 20.0. The number of imidazole rings is 1. The van der Waals surface area contributed by atoms with Crippen molar-refractivity contribution < 1.29 is 18.7 Å². The summed E-state index contributed by atoms with van der Waals surface area (Å²) in [6.45, 7) is 1.86. The topological polar surface area (TPSA) is 115 Å². The van der Waals surface area contributed by atoms with Gasteiger partial charge in [0.2, 0.25) is 5.95 Å².